The van der Waals surface area contributed by atoms with Crippen molar-refractivity contribution in [2.24, 2.45) is 28.6 Å². The van der Waals surface area contributed by atoms with E-state index in [-0.39, 0.29) is 36.4 Å². The number of carbonyl (C=O) groups is 3. The molecule has 3 fully saturated rings. The number of allylic oxidation sites excluding steroid dienone is 4. The van der Waals surface area contributed by atoms with Gasteiger partial charge in [0, 0.05) is 16.7 Å². The van der Waals surface area contributed by atoms with Crippen molar-refractivity contribution in [1.29, 1.82) is 0 Å². The summed E-state index contributed by atoms with van der Waals surface area (Å²) in [7, 11) is 0. The van der Waals surface area contributed by atoms with Gasteiger partial charge in [0.05, 0.1) is 12.2 Å². The number of fused-ring (bicyclic) bond motifs is 5. The van der Waals surface area contributed by atoms with Crippen LogP contribution in [0.25, 0.3) is 0 Å². The second-order valence-electron chi connectivity index (χ2n) is 10.1. The summed E-state index contributed by atoms with van der Waals surface area (Å²) < 4.78 is 0. The topological polar surface area (TPSA) is 132 Å². The third-order valence-electron chi connectivity index (χ3n) is 8.73. The Labute approximate surface area is 175 Å². The molecule has 0 bridgehead atoms. The summed E-state index contributed by atoms with van der Waals surface area (Å²) in [5.41, 5.74) is -3.03. The van der Waals surface area contributed by atoms with E-state index in [9.17, 15) is 34.8 Å². The fourth-order valence-corrected chi connectivity index (χ4v) is 7.18. The van der Waals surface area contributed by atoms with Crippen molar-refractivity contribution in [3.05, 3.63) is 23.8 Å². The monoisotopic (exact) mass is 418 g/mol. The first-order valence-corrected chi connectivity index (χ1v) is 10.6. The predicted molar refractivity (Wildman–Crippen MR) is 106 cm³/mol. The Morgan fingerprint density at radius 3 is 2.53 bits per heavy atom. The highest BCUT2D eigenvalue weighted by Gasteiger charge is 2.72. The van der Waals surface area contributed by atoms with E-state index in [4.69, 9.17) is 0 Å². The summed E-state index contributed by atoms with van der Waals surface area (Å²) in [6.07, 6.45) is 2.21. The third-order valence-corrected chi connectivity index (χ3v) is 8.73. The van der Waals surface area contributed by atoms with Gasteiger partial charge in [-0.15, -0.1) is 0 Å². The van der Waals surface area contributed by atoms with Gasteiger partial charge in [-0.2, -0.15) is 0 Å². The Morgan fingerprint density at radius 1 is 1.23 bits per heavy atom. The minimum absolute atomic E-state index is 0.0490. The molecule has 0 aromatic carbocycles. The van der Waals surface area contributed by atoms with Crippen molar-refractivity contribution in [2.45, 2.75) is 70.4 Å². The zero-order valence-corrected chi connectivity index (χ0v) is 17.5. The lowest BCUT2D eigenvalue weighted by Gasteiger charge is -2.59. The maximum atomic E-state index is 13.0. The van der Waals surface area contributed by atoms with Crippen LogP contribution in [0.3, 0.4) is 0 Å². The van der Waals surface area contributed by atoms with Crippen LogP contribution in [0.2, 0.25) is 0 Å². The molecule has 0 heterocycles. The molecular weight excluding hydrogens is 388 g/mol. The number of aliphatic hydroxyl groups is 4. The van der Waals surface area contributed by atoms with E-state index in [1.165, 1.54) is 6.08 Å². The molecule has 0 aromatic rings. The minimum atomic E-state index is -2.32. The summed E-state index contributed by atoms with van der Waals surface area (Å²) in [4.78, 5) is 36.4. The van der Waals surface area contributed by atoms with E-state index in [2.05, 4.69) is 0 Å². The largest absolute Gasteiger partial charge is 0.393 e. The average molecular weight is 418 g/mol. The van der Waals surface area contributed by atoms with Gasteiger partial charge in [0.25, 0.3) is 0 Å². The highest BCUT2D eigenvalue weighted by molar-refractivity contribution is 6.08. The molecule has 164 valence electrons. The van der Waals surface area contributed by atoms with Gasteiger partial charge >= 0.3 is 0 Å². The fraction of sp³-hybridized carbons (Fsp3) is 0.696. The Balaban J connectivity index is 1.76. The van der Waals surface area contributed by atoms with E-state index in [1.807, 2.05) is 13.0 Å². The van der Waals surface area contributed by atoms with E-state index in [1.54, 1.807) is 13.0 Å². The normalized spacial score (nSPS) is 48.3. The highest BCUT2D eigenvalue weighted by Crippen LogP contribution is 2.67. The SMILES string of the molecule is CC(=O)C(O)C(=O)[C@@]1(O)C(O)C[C@H]2[C@@H]3CCC4=CC(=O)C=C[C@]4(C)[C@H]3[C@@H](O)C[C@@]21C. The van der Waals surface area contributed by atoms with Gasteiger partial charge in [-0.05, 0) is 56.6 Å². The molecule has 7 heteroatoms. The van der Waals surface area contributed by atoms with Crippen molar-refractivity contribution in [3.63, 3.8) is 0 Å². The summed E-state index contributed by atoms with van der Waals surface area (Å²) in [6.45, 7) is 4.74. The van der Waals surface area contributed by atoms with Crippen LogP contribution >= 0.6 is 0 Å². The van der Waals surface area contributed by atoms with Crippen molar-refractivity contribution < 1.29 is 34.8 Å². The van der Waals surface area contributed by atoms with Crippen LogP contribution in [0.1, 0.15) is 46.5 Å². The molecule has 0 aromatic heterocycles. The Kier molecular flexibility index (Phi) is 4.79. The van der Waals surface area contributed by atoms with Crippen LogP contribution in [0.15, 0.2) is 23.8 Å². The molecule has 9 atom stereocenters. The molecule has 0 spiro atoms. The number of hydrogen-bond donors (Lipinski definition) is 4. The smallest absolute Gasteiger partial charge is 0.203 e. The van der Waals surface area contributed by atoms with Crippen LogP contribution in [-0.2, 0) is 14.4 Å². The Bertz CT molecular complexity index is 875. The summed E-state index contributed by atoms with van der Waals surface area (Å²) >= 11 is 0. The molecule has 0 aliphatic heterocycles. The van der Waals surface area contributed by atoms with Crippen molar-refractivity contribution in [1.82, 2.24) is 0 Å². The maximum absolute atomic E-state index is 13.0. The maximum Gasteiger partial charge on any atom is 0.203 e. The molecule has 30 heavy (non-hydrogen) atoms. The number of hydrogen-bond acceptors (Lipinski definition) is 7. The molecule has 3 saturated carbocycles. The van der Waals surface area contributed by atoms with Crippen LogP contribution in [-0.4, -0.2) is 61.7 Å². The summed E-state index contributed by atoms with van der Waals surface area (Å²) in [5, 5.41) is 43.6. The van der Waals surface area contributed by atoms with Gasteiger partial charge in [0.2, 0.25) is 5.78 Å². The first-order chi connectivity index (χ1) is 13.9. The van der Waals surface area contributed by atoms with Crippen molar-refractivity contribution in [2.75, 3.05) is 0 Å². The van der Waals surface area contributed by atoms with E-state index < -0.39 is 46.3 Å². The molecule has 4 rings (SSSR count). The number of ketones is 3. The molecule has 7 nitrogen and oxygen atoms in total. The quantitative estimate of drug-likeness (QED) is 0.490. The Hall–Kier alpha value is -1.67. The van der Waals surface area contributed by atoms with Crippen molar-refractivity contribution >= 4 is 17.3 Å². The molecule has 0 saturated heterocycles. The third kappa shape index (κ3) is 2.55. The van der Waals surface area contributed by atoms with Gasteiger partial charge in [0.1, 0.15) is 0 Å². The molecule has 4 aliphatic carbocycles. The fourth-order valence-electron chi connectivity index (χ4n) is 7.18. The first kappa shape index (κ1) is 21.6. The minimum Gasteiger partial charge on any atom is -0.393 e. The van der Waals surface area contributed by atoms with Crippen LogP contribution in [0.4, 0.5) is 0 Å². The lowest BCUT2D eigenvalue weighted by molar-refractivity contribution is -0.194. The lowest BCUT2D eigenvalue weighted by Crippen LogP contribution is -2.65. The van der Waals surface area contributed by atoms with E-state index in [0.717, 1.165) is 12.5 Å². The number of aliphatic hydroxyl groups excluding tert-OH is 3. The lowest BCUT2D eigenvalue weighted by atomic mass is 9.46. The molecule has 4 N–H and O–H groups in total. The number of rotatable bonds is 3. The number of Topliss-reactive ketones (excluding diaryl/α,β-unsaturated/α-hetero) is 2. The van der Waals surface area contributed by atoms with Crippen LogP contribution < -0.4 is 0 Å². The first-order valence-electron chi connectivity index (χ1n) is 10.6. The van der Waals surface area contributed by atoms with Crippen LogP contribution in [0, 0.1) is 28.6 Å². The van der Waals surface area contributed by atoms with E-state index >= 15 is 0 Å². The average Bonchev–Trinajstić information content (AvgIpc) is 2.88. The molecule has 2 unspecified atom stereocenters. The zero-order valence-electron chi connectivity index (χ0n) is 17.5. The van der Waals surface area contributed by atoms with Gasteiger partial charge in [0.15, 0.2) is 23.3 Å². The van der Waals surface area contributed by atoms with E-state index in [0.29, 0.717) is 12.8 Å². The Morgan fingerprint density at radius 2 is 1.90 bits per heavy atom. The molecule has 4 aliphatic rings. The predicted octanol–water partition coefficient (Wildman–Crippen LogP) is 0.486. The second-order valence-corrected chi connectivity index (χ2v) is 10.1. The van der Waals surface area contributed by atoms with Gasteiger partial charge in [-0.25, -0.2) is 0 Å². The summed E-state index contributed by atoms with van der Waals surface area (Å²) in [5.74, 6) is -2.54. The molecule has 0 amide bonds. The zero-order chi connectivity index (χ0) is 22.2. The van der Waals surface area contributed by atoms with Gasteiger partial charge in [-0.1, -0.05) is 25.5 Å². The summed E-state index contributed by atoms with van der Waals surface area (Å²) in [6, 6.07) is 0. The highest BCUT2D eigenvalue weighted by atomic mass is 16.4. The molecule has 0 radical (unpaired) electrons. The standard InChI is InChI=1S/C23H30O7/c1-11(24)19(28)20(29)23(30)17(27)9-15-14-5-4-12-8-13(25)6-7-21(12,2)18(14)16(26)10-22(15,23)3/h6-8,14-19,26-28,30H,4-5,9-10H2,1-3H3/t14-,15-,16-,17?,18+,19?,21-,22-,23-/m0/s1. The second kappa shape index (κ2) is 6.66. The number of carbonyl (C=O) groups excluding carboxylic acids is 3. The van der Waals surface area contributed by atoms with Gasteiger partial charge in [-0.3, -0.25) is 14.4 Å². The van der Waals surface area contributed by atoms with Gasteiger partial charge < -0.3 is 20.4 Å². The van der Waals surface area contributed by atoms with Crippen molar-refractivity contribution in [3.8, 4) is 0 Å². The van der Waals surface area contributed by atoms with Crippen LogP contribution in [0.5, 0.6) is 0 Å². The molecular formula is C23H30O7.